The molecular weight excluding hydrogens is 162 g/mol. The average Bonchev–Trinajstić information content (AvgIpc) is 2.03. The van der Waals surface area contributed by atoms with Gasteiger partial charge in [0.1, 0.15) is 0 Å². The molecule has 0 saturated heterocycles. The lowest BCUT2D eigenvalue weighted by Gasteiger charge is -2.28. The number of rotatable bonds is 2. The molecule has 72 valence electrons. The normalized spacial score (nSPS) is 11.4. The maximum atomic E-state index is 5.66. The first kappa shape index (κ1) is 10.1. The Morgan fingerprint density at radius 3 is 2.08 bits per heavy atom. The summed E-state index contributed by atoms with van der Waals surface area (Å²) >= 11 is 0. The van der Waals surface area contributed by atoms with E-state index in [9.17, 15) is 0 Å². The summed E-state index contributed by atoms with van der Waals surface area (Å²) in [4.78, 5) is 5.66. The van der Waals surface area contributed by atoms with E-state index in [0.29, 0.717) is 0 Å². The molecule has 0 heterocycles. The molecular formula is C11H17NO. The zero-order chi connectivity index (χ0) is 9.90. The third-order valence-corrected chi connectivity index (χ3v) is 1.53. The topological polar surface area (TPSA) is 12.5 Å². The molecule has 0 aromatic heterocycles. The highest BCUT2D eigenvalue weighted by molar-refractivity contribution is 5.42. The molecule has 1 rings (SSSR count). The van der Waals surface area contributed by atoms with Crippen LogP contribution in [0.2, 0.25) is 0 Å². The summed E-state index contributed by atoms with van der Waals surface area (Å²) in [5.41, 5.74) is 0.919. The van der Waals surface area contributed by atoms with Crippen LogP contribution in [0.4, 0.5) is 5.69 Å². The van der Waals surface area contributed by atoms with Crippen molar-refractivity contribution in [3.05, 3.63) is 30.3 Å². The van der Waals surface area contributed by atoms with Gasteiger partial charge in [-0.2, -0.15) is 0 Å². The van der Waals surface area contributed by atoms with Gasteiger partial charge in [0.15, 0.2) is 0 Å². The second-order valence-corrected chi connectivity index (χ2v) is 4.04. The van der Waals surface area contributed by atoms with Crippen LogP contribution in [0.25, 0.3) is 0 Å². The minimum absolute atomic E-state index is 0.148. The minimum atomic E-state index is -0.148. The molecule has 1 aromatic carbocycles. The number of hydrogen-bond donors (Lipinski definition) is 0. The zero-order valence-electron chi connectivity index (χ0n) is 8.74. The van der Waals surface area contributed by atoms with Crippen molar-refractivity contribution in [3.8, 4) is 0 Å². The van der Waals surface area contributed by atoms with E-state index >= 15 is 0 Å². The van der Waals surface area contributed by atoms with Crippen molar-refractivity contribution < 1.29 is 4.84 Å². The van der Waals surface area contributed by atoms with Crippen molar-refractivity contribution >= 4 is 5.69 Å². The van der Waals surface area contributed by atoms with Crippen LogP contribution in [-0.4, -0.2) is 12.6 Å². The van der Waals surface area contributed by atoms with E-state index in [0.717, 1.165) is 5.69 Å². The van der Waals surface area contributed by atoms with Crippen molar-refractivity contribution in [1.29, 1.82) is 0 Å². The number of para-hydroxylation sites is 1. The van der Waals surface area contributed by atoms with Crippen LogP contribution in [0.3, 0.4) is 0 Å². The van der Waals surface area contributed by atoms with E-state index in [2.05, 4.69) is 0 Å². The Balaban J connectivity index is 2.64. The predicted octanol–water partition coefficient (Wildman–Crippen LogP) is 2.85. The first-order valence-corrected chi connectivity index (χ1v) is 4.47. The molecule has 13 heavy (non-hydrogen) atoms. The Kier molecular flexibility index (Phi) is 2.94. The lowest BCUT2D eigenvalue weighted by atomic mass is 10.2. The van der Waals surface area contributed by atoms with Crippen molar-refractivity contribution in [3.63, 3.8) is 0 Å². The molecule has 0 fully saturated rings. The fourth-order valence-corrected chi connectivity index (χ4v) is 1.10. The second kappa shape index (κ2) is 3.79. The van der Waals surface area contributed by atoms with Crippen molar-refractivity contribution in [2.24, 2.45) is 0 Å². The Bertz CT molecular complexity index is 251. The number of hydrogen-bond acceptors (Lipinski definition) is 2. The van der Waals surface area contributed by atoms with Gasteiger partial charge in [-0.15, -0.1) is 0 Å². The van der Waals surface area contributed by atoms with Crippen LogP contribution >= 0.6 is 0 Å². The van der Waals surface area contributed by atoms with E-state index in [1.165, 1.54) is 0 Å². The van der Waals surface area contributed by atoms with Gasteiger partial charge in [-0.25, -0.2) is 0 Å². The predicted molar refractivity (Wildman–Crippen MR) is 55.7 cm³/mol. The zero-order valence-corrected chi connectivity index (χ0v) is 8.74. The van der Waals surface area contributed by atoms with E-state index in [1.807, 2.05) is 58.2 Å². The summed E-state index contributed by atoms with van der Waals surface area (Å²) in [5.74, 6) is 0. The molecule has 1 aromatic rings. The first-order chi connectivity index (χ1) is 5.99. The largest absolute Gasteiger partial charge is 0.268 e. The summed E-state index contributed by atoms with van der Waals surface area (Å²) in [6.07, 6.45) is 0. The molecule has 0 aliphatic carbocycles. The fraction of sp³-hybridized carbons (Fsp3) is 0.455. The summed E-state index contributed by atoms with van der Waals surface area (Å²) in [7, 11) is 1.92. The molecule has 2 nitrogen and oxygen atoms in total. The highest BCUT2D eigenvalue weighted by atomic mass is 16.7. The lowest BCUT2D eigenvalue weighted by Crippen LogP contribution is -2.30. The van der Waals surface area contributed by atoms with Gasteiger partial charge in [0.25, 0.3) is 0 Å². The summed E-state index contributed by atoms with van der Waals surface area (Å²) < 4.78 is 0. The molecule has 2 heteroatoms. The van der Waals surface area contributed by atoms with E-state index in [-0.39, 0.29) is 5.60 Å². The van der Waals surface area contributed by atoms with Crippen LogP contribution in [-0.2, 0) is 4.84 Å². The van der Waals surface area contributed by atoms with Gasteiger partial charge < -0.3 is 0 Å². The average molecular weight is 179 g/mol. The Hall–Kier alpha value is -1.02. The molecule has 0 aliphatic heterocycles. The molecule has 0 bridgehead atoms. The monoisotopic (exact) mass is 179 g/mol. The van der Waals surface area contributed by atoms with E-state index < -0.39 is 0 Å². The quantitative estimate of drug-likeness (QED) is 0.647. The van der Waals surface area contributed by atoms with Crippen LogP contribution in [0, 0.1) is 0 Å². The molecule has 0 spiro atoms. The third-order valence-electron chi connectivity index (χ3n) is 1.53. The smallest absolute Gasteiger partial charge is 0.0878 e. The van der Waals surface area contributed by atoms with Gasteiger partial charge >= 0.3 is 0 Å². The van der Waals surface area contributed by atoms with Gasteiger partial charge in [-0.05, 0) is 32.9 Å². The molecule has 0 saturated carbocycles. The maximum Gasteiger partial charge on any atom is 0.0878 e. The number of nitrogens with zero attached hydrogens (tertiary/aromatic N) is 1. The number of hydroxylamine groups is 1. The van der Waals surface area contributed by atoms with Crippen LogP contribution < -0.4 is 5.06 Å². The molecule has 0 unspecified atom stereocenters. The second-order valence-electron chi connectivity index (χ2n) is 4.04. The fourth-order valence-electron chi connectivity index (χ4n) is 1.10. The lowest BCUT2D eigenvalue weighted by molar-refractivity contribution is -0.0126. The highest BCUT2D eigenvalue weighted by Gasteiger charge is 2.14. The third kappa shape index (κ3) is 3.47. The Labute approximate surface area is 80.1 Å². The molecule has 0 radical (unpaired) electrons. The molecule has 0 amide bonds. The molecule has 0 aliphatic rings. The standard InChI is InChI=1S/C11H17NO/c1-11(2,3)13-12(4)10-8-6-5-7-9-10/h5-9H,1-4H3. The van der Waals surface area contributed by atoms with Crippen LogP contribution in [0.1, 0.15) is 20.8 Å². The summed E-state index contributed by atoms with van der Waals surface area (Å²) in [6.45, 7) is 6.10. The Morgan fingerprint density at radius 1 is 1.08 bits per heavy atom. The van der Waals surface area contributed by atoms with E-state index in [4.69, 9.17) is 4.84 Å². The summed E-state index contributed by atoms with van der Waals surface area (Å²) in [6, 6.07) is 10.0. The van der Waals surface area contributed by atoms with Gasteiger partial charge in [0.2, 0.25) is 0 Å². The maximum absolute atomic E-state index is 5.66. The first-order valence-electron chi connectivity index (χ1n) is 4.47. The molecule has 0 atom stereocenters. The van der Waals surface area contributed by atoms with Crippen molar-refractivity contribution in [1.82, 2.24) is 0 Å². The number of benzene rings is 1. The van der Waals surface area contributed by atoms with Gasteiger partial charge in [0, 0.05) is 7.05 Å². The molecule has 0 N–H and O–H groups in total. The van der Waals surface area contributed by atoms with Crippen molar-refractivity contribution in [2.45, 2.75) is 26.4 Å². The van der Waals surface area contributed by atoms with Crippen LogP contribution in [0.15, 0.2) is 30.3 Å². The minimum Gasteiger partial charge on any atom is -0.268 e. The van der Waals surface area contributed by atoms with E-state index in [1.54, 1.807) is 5.06 Å². The van der Waals surface area contributed by atoms with Crippen molar-refractivity contribution in [2.75, 3.05) is 12.1 Å². The van der Waals surface area contributed by atoms with Gasteiger partial charge in [-0.3, -0.25) is 9.90 Å². The van der Waals surface area contributed by atoms with Gasteiger partial charge in [-0.1, -0.05) is 18.2 Å². The highest BCUT2D eigenvalue weighted by Crippen LogP contribution is 2.16. The number of anilines is 1. The SMILES string of the molecule is CN(OC(C)(C)C)c1ccccc1. The Morgan fingerprint density at radius 2 is 1.62 bits per heavy atom. The summed E-state index contributed by atoms with van der Waals surface area (Å²) in [5, 5.41) is 1.79. The van der Waals surface area contributed by atoms with Crippen LogP contribution in [0.5, 0.6) is 0 Å². The van der Waals surface area contributed by atoms with Gasteiger partial charge in [0.05, 0.1) is 11.3 Å².